The van der Waals surface area contributed by atoms with Crippen LogP contribution in [0.4, 0.5) is 23.2 Å². The predicted molar refractivity (Wildman–Crippen MR) is 83.5 cm³/mol. The van der Waals surface area contributed by atoms with Gasteiger partial charge in [0.2, 0.25) is 0 Å². The maximum absolute atomic E-state index is 13.0. The molecule has 0 aliphatic heterocycles. The van der Waals surface area contributed by atoms with Gasteiger partial charge in [0, 0.05) is 9.26 Å². The van der Waals surface area contributed by atoms with Crippen molar-refractivity contribution >= 4 is 45.8 Å². The van der Waals surface area contributed by atoms with Gasteiger partial charge in [-0.2, -0.15) is 13.2 Å². The highest BCUT2D eigenvalue weighted by molar-refractivity contribution is 14.1. The Labute approximate surface area is 141 Å². The first-order chi connectivity index (χ1) is 10.2. The molecule has 1 amide bonds. The number of rotatable bonds is 2. The van der Waals surface area contributed by atoms with Gasteiger partial charge < -0.3 is 5.32 Å². The van der Waals surface area contributed by atoms with Crippen molar-refractivity contribution in [2.24, 2.45) is 0 Å². The Bertz CT molecular complexity index is 733. The lowest BCUT2D eigenvalue weighted by molar-refractivity contribution is -0.137. The second-order valence-electron chi connectivity index (χ2n) is 4.27. The van der Waals surface area contributed by atoms with Gasteiger partial charge in [0.1, 0.15) is 5.82 Å². The first-order valence-electron chi connectivity index (χ1n) is 5.81. The lowest BCUT2D eigenvalue weighted by Crippen LogP contribution is -2.14. The van der Waals surface area contributed by atoms with Crippen LogP contribution in [0.25, 0.3) is 0 Å². The number of alkyl halides is 3. The molecule has 116 valence electrons. The summed E-state index contributed by atoms with van der Waals surface area (Å²) in [5.74, 6) is -1.15. The Morgan fingerprint density at radius 2 is 1.82 bits per heavy atom. The minimum atomic E-state index is -4.62. The van der Waals surface area contributed by atoms with Crippen molar-refractivity contribution in [1.29, 1.82) is 0 Å². The van der Waals surface area contributed by atoms with Crippen LogP contribution in [0.1, 0.15) is 15.9 Å². The minimum absolute atomic E-state index is 0.0538. The SMILES string of the molecule is O=C(Nc1ccc(Cl)c(C(F)(F)F)c1)c1ccc(F)cc1I. The van der Waals surface area contributed by atoms with Gasteiger partial charge in [-0.1, -0.05) is 11.6 Å². The molecule has 0 unspecified atom stereocenters. The normalized spacial score (nSPS) is 11.4. The molecule has 0 aliphatic carbocycles. The Hall–Kier alpha value is -1.35. The molecule has 0 heterocycles. The van der Waals surface area contributed by atoms with Crippen molar-refractivity contribution in [3.8, 4) is 0 Å². The molecule has 2 rings (SSSR count). The first-order valence-corrected chi connectivity index (χ1v) is 7.27. The van der Waals surface area contributed by atoms with Crippen molar-refractivity contribution < 1.29 is 22.4 Å². The van der Waals surface area contributed by atoms with Crippen LogP contribution in [-0.2, 0) is 6.18 Å². The molecule has 0 atom stereocenters. The molecule has 8 heteroatoms. The number of benzene rings is 2. The smallest absolute Gasteiger partial charge is 0.322 e. The number of anilines is 1. The van der Waals surface area contributed by atoms with Gasteiger partial charge in [0.15, 0.2) is 0 Å². The summed E-state index contributed by atoms with van der Waals surface area (Å²) in [7, 11) is 0. The molecule has 0 aliphatic rings. The van der Waals surface area contributed by atoms with E-state index < -0.39 is 28.5 Å². The maximum Gasteiger partial charge on any atom is 0.417 e. The molecule has 0 radical (unpaired) electrons. The van der Waals surface area contributed by atoms with Crippen molar-refractivity contribution in [3.05, 3.63) is 61.9 Å². The highest BCUT2D eigenvalue weighted by atomic mass is 127. The number of nitrogens with one attached hydrogen (secondary N) is 1. The molecule has 0 saturated carbocycles. The Kier molecular flexibility index (Phi) is 4.96. The van der Waals surface area contributed by atoms with E-state index in [1.165, 1.54) is 12.1 Å². The summed E-state index contributed by atoms with van der Waals surface area (Å²) >= 11 is 7.27. The summed E-state index contributed by atoms with van der Waals surface area (Å²) in [6, 6.07) is 6.56. The second-order valence-corrected chi connectivity index (χ2v) is 5.84. The fourth-order valence-corrected chi connectivity index (χ4v) is 2.64. The summed E-state index contributed by atoms with van der Waals surface area (Å²) in [5.41, 5.74) is -0.937. The summed E-state index contributed by atoms with van der Waals surface area (Å²) in [6.45, 7) is 0. The van der Waals surface area contributed by atoms with Crippen LogP contribution in [0.5, 0.6) is 0 Å². The summed E-state index contributed by atoms with van der Waals surface area (Å²) < 4.78 is 51.6. The lowest BCUT2D eigenvalue weighted by Gasteiger charge is -2.12. The second kappa shape index (κ2) is 6.41. The summed E-state index contributed by atoms with van der Waals surface area (Å²) in [5, 5.41) is 1.88. The minimum Gasteiger partial charge on any atom is -0.322 e. The highest BCUT2D eigenvalue weighted by Gasteiger charge is 2.33. The molecule has 2 nitrogen and oxygen atoms in total. The van der Waals surface area contributed by atoms with E-state index in [4.69, 9.17) is 11.6 Å². The van der Waals surface area contributed by atoms with Crippen LogP contribution >= 0.6 is 34.2 Å². The maximum atomic E-state index is 13.0. The van der Waals surface area contributed by atoms with Gasteiger partial charge in [-0.15, -0.1) is 0 Å². The van der Waals surface area contributed by atoms with Crippen LogP contribution in [0.15, 0.2) is 36.4 Å². The fraction of sp³-hybridized carbons (Fsp3) is 0.0714. The largest absolute Gasteiger partial charge is 0.417 e. The topological polar surface area (TPSA) is 29.1 Å². The molecule has 2 aromatic rings. The van der Waals surface area contributed by atoms with E-state index >= 15 is 0 Å². The molecule has 22 heavy (non-hydrogen) atoms. The van der Waals surface area contributed by atoms with Crippen LogP contribution in [0, 0.1) is 9.39 Å². The molecule has 0 spiro atoms. The Balaban J connectivity index is 2.29. The molecular formula is C14H7ClF4INO. The van der Waals surface area contributed by atoms with E-state index in [0.717, 1.165) is 24.3 Å². The Morgan fingerprint density at radius 1 is 1.14 bits per heavy atom. The van der Waals surface area contributed by atoms with Gasteiger partial charge in [0.05, 0.1) is 16.1 Å². The van der Waals surface area contributed by atoms with Gasteiger partial charge in [-0.3, -0.25) is 4.79 Å². The van der Waals surface area contributed by atoms with E-state index in [2.05, 4.69) is 5.32 Å². The van der Waals surface area contributed by atoms with Gasteiger partial charge in [-0.25, -0.2) is 4.39 Å². The van der Waals surface area contributed by atoms with Crippen molar-refractivity contribution in [2.75, 3.05) is 5.32 Å². The third-order valence-corrected chi connectivity index (χ3v) is 3.93. The number of hydrogen-bond acceptors (Lipinski definition) is 1. The zero-order valence-corrected chi connectivity index (χ0v) is 13.6. The van der Waals surface area contributed by atoms with Crippen LogP contribution < -0.4 is 5.32 Å². The molecule has 0 bridgehead atoms. The van der Waals surface area contributed by atoms with Gasteiger partial charge >= 0.3 is 6.18 Å². The predicted octanol–water partition coefficient (Wildman–Crippen LogP) is 5.35. The third-order valence-electron chi connectivity index (χ3n) is 2.71. The lowest BCUT2D eigenvalue weighted by atomic mass is 10.1. The zero-order chi connectivity index (χ0) is 16.5. The number of hydrogen-bond donors (Lipinski definition) is 1. The standard InChI is InChI=1S/C14H7ClF4INO/c15-11-4-2-8(6-10(11)14(17,18)19)21-13(22)9-3-1-7(16)5-12(9)20/h1-6H,(H,21,22). The van der Waals surface area contributed by atoms with Crippen LogP contribution in [0.2, 0.25) is 5.02 Å². The number of carbonyl (C=O) groups is 1. The number of carbonyl (C=O) groups excluding carboxylic acids is 1. The number of amides is 1. The zero-order valence-electron chi connectivity index (χ0n) is 10.6. The molecule has 0 fully saturated rings. The summed E-state index contributed by atoms with van der Waals surface area (Å²) in [6.07, 6.45) is -4.62. The van der Waals surface area contributed by atoms with Crippen LogP contribution in [0.3, 0.4) is 0 Å². The highest BCUT2D eigenvalue weighted by Crippen LogP contribution is 2.36. The Morgan fingerprint density at radius 3 is 2.41 bits per heavy atom. The molecule has 2 aromatic carbocycles. The monoisotopic (exact) mass is 443 g/mol. The van der Waals surface area contributed by atoms with E-state index in [9.17, 15) is 22.4 Å². The molecule has 1 N–H and O–H groups in total. The first kappa shape index (κ1) is 17.0. The number of halogens is 6. The summed E-state index contributed by atoms with van der Waals surface area (Å²) in [4.78, 5) is 12.0. The van der Waals surface area contributed by atoms with E-state index in [-0.39, 0.29) is 11.3 Å². The van der Waals surface area contributed by atoms with E-state index in [1.807, 2.05) is 0 Å². The molecule has 0 saturated heterocycles. The average molecular weight is 444 g/mol. The van der Waals surface area contributed by atoms with Crippen molar-refractivity contribution in [1.82, 2.24) is 0 Å². The average Bonchev–Trinajstić information content (AvgIpc) is 2.39. The molecular weight excluding hydrogens is 437 g/mol. The fourth-order valence-electron chi connectivity index (χ4n) is 1.69. The van der Waals surface area contributed by atoms with Gasteiger partial charge in [0.25, 0.3) is 5.91 Å². The van der Waals surface area contributed by atoms with Crippen molar-refractivity contribution in [2.45, 2.75) is 6.18 Å². The van der Waals surface area contributed by atoms with E-state index in [0.29, 0.717) is 3.57 Å². The quantitative estimate of drug-likeness (QED) is 0.492. The van der Waals surface area contributed by atoms with Crippen molar-refractivity contribution in [3.63, 3.8) is 0 Å². The third kappa shape index (κ3) is 3.89. The van der Waals surface area contributed by atoms with Gasteiger partial charge in [-0.05, 0) is 59.0 Å². The van der Waals surface area contributed by atoms with Crippen LogP contribution in [-0.4, -0.2) is 5.91 Å². The van der Waals surface area contributed by atoms with E-state index in [1.54, 1.807) is 22.6 Å². The molecule has 0 aromatic heterocycles.